The Labute approximate surface area is 107 Å². The van der Waals surface area contributed by atoms with E-state index in [0.717, 1.165) is 32.5 Å². The maximum Gasteiger partial charge on any atom is 0.257 e. The average molecular weight is 246 g/mol. The monoisotopic (exact) mass is 246 g/mol. The number of fused-ring (bicyclic) bond motifs is 1. The van der Waals surface area contributed by atoms with Gasteiger partial charge in [-0.15, -0.1) is 6.58 Å². The van der Waals surface area contributed by atoms with Crippen LogP contribution in [0, 0.1) is 0 Å². The first kappa shape index (κ1) is 11.5. The minimum Gasteiger partial charge on any atom is -0.472 e. The number of amides is 1. The summed E-state index contributed by atoms with van der Waals surface area (Å²) >= 11 is 0. The molecule has 3 heterocycles. The molecule has 0 spiro atoms. The molecule has 4 nitrogen and oxygen atoms in total. The molecular weight excluding hydrogens is 228 g/mol. The van der Waals surface area contributed by atoms with Gasteiger partial charge in [-0.05, 0) is 18.9 Å². The van der Waals surface area contributed by atoms with Crippen LogP contribution in [0.1, 0.15) is 23.2 Å². The third-order valence-electron chi connectivity index (χ3n) is 4.08. The summed E-state index contributed by atoms with van der Waals surface area (Å²) in [5.74, 6) is 0.108. The minimum atomic E-state index is 0.108. The number of likely N-dealkylation sites (tertiary alicyclic amines) is 2. The van der Waals surface area contributed by atoms with Gasteiger partial charge in [0.2, 0.25) is 0 Å². The first-order valence-corrected chi connectivity index (χ1v) is 6.49. The molecule has 0 aliphatic carbocycles. The van der Waals surface area contributed by atoms with Crippen molar-refractivity contribution in [2.45, 2.75) is 24.9 Å². The molecule has 0 N–H and O–H groups in total. The van der Waals surface area contributed by atoms with Crippen molar-refractivity contribution in [3.8, 4) is 0 Å². The summed E-state index contributed by atoms with van der Waals surface area (Å²) in [7, 11) is 0. The quantitative estimate of drug-likeness (QED) is 0.762. The Morgan fingerprint density at radius 2 is 2.28 bits per heavy atom. The predicted octanol–water partition coefficient (Wildman–Crippen LogP) is 1.75. The summed E-state index contributed by atoms with van der Waals surface area (Å²) in [5, 5.41) is 0. The maximum absolute atomic E-state index is 12.3. The highest BCUT2D eigenvalue weighted by molar-refractivity contribution is 5.94. The van der Waals surface area contributed by atoms with Gasteiger partial charge in [0.05, 0.1) is 11.8 Å². The van der Waals surface area contributed by atoms with Crippen LogP contribution in [0.25, 0.3) is 0 Å². The highest BCUT2D eigenvalue weighted by Crippen LogP contribution is 2.32. The Hall–Kier alpha value is -1.55. The Morgan fingerprint density at radius 1 is 1.44 bits per heavy atom. The third kappa shape index (κ3) is 1.77. The molecule has 2 fully saturated rings. The van der Waals surface area contributed by atoms with Gasteiger partial charge in [0.25, 0.3) is 5.91 Å². The van der Waals surface area contributed by atoms with Gasteiger partial charge in [-0.1, -0.05) is 6.08 Å². The molecule has 2 aliphatic heterocycles. The number of furan rings is 1. The molecule has 1 aromatic heterocycles. The maximum atomic E-state index is 12.3. The van der Waals surface area contributed by atoms with Crippen molar-refractivity contribution in [2.75, 3.05) is 19.6 Å². The summed E-state index contributed by atoms with van der Waals surface area (Å²) < 4.78 is 5.00. The molecule has 0 bridgehead atoms. The summed E-state index contributed by atoms with van der Waals surface area (Å²) in [4.78, 5) is 16.8. The lowest BCUT2D eigenvalue weighted by atomic mass is 10.1. The van der Waals surface area contributed by atoms with Crippen LogP contribution in [-0.4, -0.2) is 47.4 Å². The van der Waals surface area contributed by atoms with Gasteiger partial charge in [-0.3, -0.25) is 9.69 Å². The lowest BCUT2D eigenvalue weighted by Crippen LogP contribution is -2.39. The second-order valence-corrected chi connectivity index (χ2v) is 5.01. The van der Waals surface area contributed by atoms with E-state index < -0.39 is 0 Å². The third-order valence-corrected chi connectivity index (χ3v) is 4.08. The van der Waals surface area contributed by atoms with E-state index in [4.69, 9.17) is 4.42 Å². The van der Waals surface area contributed by atoms with E-state index in [1.807, 2.05) is 11.0 Å². The molecule has 0 unspecified atom stereocenters. The van der Waals surface area contributed by atoms with E-state index in [1.165, 1.54) is 6.26 Å². The number of hydrogen-bond acceptors (Lipinski definition) is 3. The molecule has 2 aliphatic rings. The Morgan fingerprint density at radius 3 is 3.00 bits per heavy atom. The highest BCUT2D eigenvalue weighted by Gasteiger charge is 2.43. The molecular formula is C14H18N2O2. The van der Waals surface area contributed by atoms with Gasteiger partial charge >= 0.3 is 0 Å². The van der Waals surface area contributed by atoms with Gasteiger partial charge in [0, 0.05) is 31.7 Å². The van der Waals surface area contributed by atoms with Gasteiger partial charge in [0.15, 0.2) is 0 Å². The summed E-state index contributed by atoms with van der Waals surface area (Å²) in [6.07, 6.45) is 7.18. The lowest BCUT2D eigenvalue weighted by Gasteiger charge is -2.24. The molecule has 1 amide bonds. The van der Waals surface area contributed by atoms with Crippen LogP contribution < -0.4 is 0 Å². The topological polar surface area (TPSA) is 36.7 Å². The van der Waals surface area contributed by atoms with E-state index in [-0.39, 0.29) is 5.91 Å². The number of carbonyl (C=O) groups is 1. The molecule has 2 atom stereocenters. The van der Waals surface area contributed by atoms with E-state index in [0.29, 0.717) is 17.6 Å². The van der Waals surface area contributed by atoms with Crippen molar-refractivity contribution in [3.05, 3.63) is 36.8 Å². The molecule has 3 rings (SSSR count). The molecule has 4 heteroatoms. The number of rotatable bonds is 3. The lowest BCUT2D eigenvalue weighted by molar-refractivity contribution is 0.0732. The fourth-order valence-corrected chi connectivity index (χ4v) is 3.27. The second-order valence-electron chi connectivity index (χ2n) is 5.01. The van der Waals surface area contributed by atoms with E-state index in [9.17, 15) is 4.79 Å². The number of hydrogen-bond donors (Lipinski definition) is 0. The van der Waals surface area contributed by atoms with Crippen molar-refractivity contribution >= 4 is 5.91 Å². The Bertz CT molecular complexity index is 441. The van der Waals surface area contributed by atoms with Crippen LogP contribution in [0.4, 0.5) is 0 Å². The van der Waals surface area contributed by atoms with Crippen LogP contribution in [0.5, 0.6) is 0 Å². The molecule has 1 aromatic rings. The number of carbonyl (C=O) groups excluding carboxylic acids is 1. The zero-order chi connectivity index (χ0) is 12.5. The van der Waals surface area contributed by atoms with Gasteiger partial charge in [0.1, 0.15) is 6.26 Å². The standard InChI is InChI=1S/C14H18N2O2/c1-2-6-15-7-3-13-12(15)4-8-16(13)14(17)11-5-9-18-10-11/h2,5,9-10,12-13H,1,3-4,6-8H2/t12-,13+/m0/s1. The van der Waals surface area contributed by atoms with E-state index in [2.05, 4.69) is 11.5 Å². The fourth-order valence-electron chi connectivity index (χ4n) is 3.27. The van der Waals surface area contributed by atoms with E-state index >= 15 is 0 Å². The van der Waals surface area contributed by atoms with E-state index in [1.54, 1.807) is 12.3 Å². The van der Waals surface area contributed by atoms with Crippen LogP contribution in [-0.2, 0) is 0 Å². The van der Waals surface area contributed by atoms with Crippen LogP contribution >= 0.6 is 0 Å². The summed E-state index contributed by atoms with van der Waals surface area (Å²) in [5.41, 5.74) is 0.665. The first-order valence-electron chi connectivity index (χ1n) is 6.49. The summed E-state index contributed by atoms with van der Waals surface area (Å²) in [6.45, 7) is 6.64. The van der Waals surface area contributed by atoms with Crippen molar-refractivity contribution in [2.24, 2.45) is 0 Å². The molecule has 0 radical (unpaired) electrons. The zero-order valence-corrected chi connectivity index (χ0v) is 10.4. The molecule has 0 aromatic carbocycles. The SMILES string of the molecule is C=CCN1CC[C@@H]2[C@@H]1CCN2C(=O)c1ccoc1. The molecule has 0 saturated carbocycles. The van der Waals surface area contributed by atoms with Crippen molar-refractivity contribution < 1.29 is 9.21 Å². The first-order chi connectivity index (χ1) is 8.81. The molecule has 18 heavy (non-hydrogen) atoms. The normalized spacial score (nSPS) is 27.4. The smallest absolute Gasteiger partial charge is 0.257 e. The van der Waals surface area contributed by atoms with Gasteiger partial charge < -0.3 is 9.32 Å². The Kier molecular flexibility index (Phi) is 2.96. The van der Waals surface area contributed by atoms with Gasteiger partial charge in [-0.2, -0.15) is 0 Å². The fraction of sp³-hybridized carbons (Fsp3) is 0.500. The van der Waals surface area contributed by atoms with Crippen LogP contribution in [0.3, 0.4) is 0 Å². The highest BCUT2D eigenvalue weighted by atomic mass is 16.3. The van der Waals surface area contributed by atoms with Crippen molar-refractivity contribution in [3.63, 3.8) is 0 Å². The van der Waals surface area contributed by atoms with Crippen LogP contribution in [0.15, 0.2) is 35.7 Å². The number of nitrogens with zero attached hydrogens (tertiary/aromatic N) is 2. The molecule has 96 valence electrons. The molecule has 2 saturated heterocycles. The Balaban J connectivity index is 1.74. The predicted molar refractivity (Wildman–Crippen MR) is 68.3 cm³/mol. The minimum absolute atomic E-state index is 0.108. The average Bonchev–Trinajstić information content (AvgIpc) is 3.06. The second kappa shape index (κ2) is 4.61. The largest absolute Gasteiger partial charge is 0.472 e. The summed E-state index contributed by atoms with van der Waals surface area (Å²) in [6, 6.07) is 2.62. The van der Waals surface area contributed by atoms with Crippen molar-refractivity contribution in [1.29, 1.82) is 0 Å². The zero-order valence-electron chi connectivity index (χ0n) is 10.4. The van der Waals surface area contributed by atoms with Gasteiger partial charge in [-0.25, -0.2) is 0 Å². The van der Waals surface area contributed by atoms with Crippen molar-refractivity contribution in [1.82, 2.24) is 9.80 Å². The van der Waals surface area contributed by atoms with Crippen LogP contribution in [0.2, 0.25) is 0 Å².